The third kappa shape index (κ3) is 4.75. The SMILES string of the molecule is C/C=C(\C=C(/CC)SCc1cc(C(=O)NO)no1)OC. The van der Waals surface area contributed by atoms with Crippen molar-refractivity contribution in [2.45, 2.75) is 26.0 Å². The Morgan fingerprint density at radius 3 is 2.95 bits per heavy atom. The summed E-state index contributed by atoms with van der Waals surface area (Å²) in [4.78, 5) is 12.2. The fourth-order valence-corrected chi connectivity index (χ4v) is 2.24. The van der Waals surface area contributed by atoms with Gasteiger partial charge in [0.2, 0.25) is 0 Å². The van der Waals surface area contributed by atoms with Crippen molar-refractivity contribution in [2.75, 3.05) is 7.11 Å². The molecule has 0 aliphatic heterocycles. The van der Waals surface area contributed by atoms with Gasteiger partial charge in [-0.15, -0.1) is 11.8 Å². The van der Waals surface area contributed by atoms with Crippen molar-refractivity contribution in [3.05, 3.63) is 40.3 Å². The zero-order valence-corrected chi connectivity index (χ0v) is 12.5. The zero-order valence-electron chi connectivity index (χ0n) is 11.7. The van der Waals surface area contributed by atoms with Crippen LogP contribution in [-0.2, 0) is 10.5 Å². The average Bonchev–Trinajstić information content (AvgIpc) is 2.95. The smallest absolute Gasteiger partial charge is 0.296 e. The summed E-state index contributed by atoms with van der Waals surface area (Å²) in [7, 11) is 1.63. The van der Waals surface area contributed by atoms with Gasteiger partial charge in [0.25, 0.3) is 5.91 Å². The van der Waals surface area contributed by atoms with Gasteiger partial charge in [0.15, 0.2) is 5.69 Å². The molecule has 20 heavy (non-hydrogen) atoms. The van der Waals surface area contributed by atoms with E-state index < -0.39 is 5.91 Å². The lowest BCUT2D eigenvalue weighted by Gasteiger charge is -2.05. The Labute approximate surface area is 121 Å². The number of rotatable bonds is 7. The number of carbonyl (C=O) groups excluding carboxylic acids is 1. The first-order valence-electron chi connectivity index (χ1n) is 6.08. The van der Waals surface area contributed by atoms with Crippen LogP contribution in [0, 0.1) is 0 Å². The van der Waals surface area contributed by atoms with E-state index in [4.69, 9.17) is 14.5 Å². The summed E-state index contributed by atoms with van der Waals surface area (Å²) >= 11 is 1.58. The number of nitrogens with one attached hydrogen (secondary N) is 1. The number of methoxy groups -OCH3 is 1. The second-order valence-electron chi connectivity index (χ2n) is 3.77. The van der Waals surface area contributed by atoms with E-state index in [0.29, 0.717) is 11.5 Å². The van der Waals surface area contributed by atoms with E-state index in [1.54, 1.807) is 18.9 Å². The number of hydroxylamine groups is 1. The van der Waals surface area contributed by atoms with E-state index in [0.717, 1.165) is 17.1 Å². The minimum Gasteiger partial charge on any atom is -0.497 e. The molecule has 0 aromatic carbocycles. The minimum absolute atomic E-state index is 0.0520. The highest BCUT2D eigenvalue weighted by Gasteiger charge is 2.12. The molecule has 1 amide bonds. The van der Waals surface area contributed by atoms with Crippen molar-refractivity contribution in [3.8, 4) is 0 Å². The van der Waals surface area contributed by atoms with Crippen LogP contribution >= 0.6 is 11.8 Å². The molecular formula is C13H18N2O4S. The summed E-state index contributed by atoms with van der Waals surface area (Å²) in [6.45, 7) is 3.95. The fourth-order valence-electron chi connectivity index (χ4n) is 1.37. The highest BCUT2D eigenvalue weighted by molar-refractivity contribution is 8.02. The molecule has 7 heteroatoms. The molecule has 0 atom stereocenters. The maximum absolute atomic E-state index is 11.1. The van der Waals surface area contributed by atoms with Crippen molar-refractivity contribution in [2.24, 2.45) is 0 Å². The minimum atomic E-state index is -0.688. The van der Waals surface area contributed by atoms with Crippen molar-refractivity contribution >= 4 is 17.7 Å². The molecule has 1 rings (SSSR count). The maximum atomic E-state index is 11.1. The molecule has 0 aliphatic carbocycles. The number of ether oxygens (including phenoxy) is 1. The van der Waals surface area contributed by atoms with E-state index in [1.165, 1.54) is 11.5 Å². The van der Waals surface area contributed by atoms with Crippen LogP contribution in [0.1, 0.15) is 36.5 Å². The normalized spacial score (nSPS) is 12.4. The third-order valence-corrected chi connectivity index (χ3v) is 3.67. The van der Waals surface area contributed by atoms with E-state index in [1.807, 2.05) is 26.0 Å². The molecule has 2 N–H and O–H groups in total. The Hall–Kier alpha value is -1.73. The van der Waals surface area contributed by atoms with Crippen LogP contribution in [0.2, 0.25) is 0 Å². The van der Waals surface area contributed by atoms with Gasteiger partial charge >= 0.3 is 0 Å². The molecule has 110 valence electrons. The summed E-state index contributed by atoms with van der Waals surface area (Å²) < 4.78 is 10.2. The number of nitrogens with zero attached hydrogens (tertiary/aromatic N) is 1. The topological polar surface area (TPSA) is 84.6 Å². The van der Waals surface area contributed by atoms with Gasteiger partial charge in [-0.3, -0.25) is 10.0 Å². The first kappa shape index (κ1) is 16.3. The quantitative estimate of drug-likeness (QED) is 0.348. The number of thioether (sulfide) groups is 1. The Morgan fingerprint density at radius 2 is 2.40 bits per heavy atom. The van der Waals surface area contributed by atoms with Crippen LogP contribution in [0.3, 0.4) is 0 Å². The van der Waals surface area contributed by atoms with Gasteiger partial charge in [-0.05, 0) is 30.4 Å². The van der Waals surface area contributed by atoms with Crippen molar-refractivity contribution in [1.29, 1.82) is 0 Å². The number of allylic oxidation sites excluding steroid dienone is 3. The summed E-state index contributed by atoms with van der Waals surface area (Å²) in [5, 5.41) is 12.1. The predicted octanol–water partition coefficient (Wildman–Crippen LogP) is 2.87. The van der Waals surface area contributed by atoms with E-state index in [2.05, 4.69) is 5.16 Å². The van der Waals surface area contributed by atoms with E-state index in [-0.39, 0.29) is 5.69 Å². The Kier molecular flexibility index (Phi) is 6.89. The first-order valence-corrected chi connectivity index (χ1v) is 7.06. The maximum Gasteiger partial charge on any atom is 0.296 e. The van der Waals surface area contributed by atoms with E-state index >= 15 is 0 Å². The lowest BCUT2D eigenvalue weighted by Crippen LogP contribution is -2.18. The second kappa shape index (κ2) is 8.44. The third-order valence-electron chi connectivity index (χ3n) is 2.46. The van der Waals surface area contributed by atoms with Crippen molar-refractivity contribution < 1.29 is 19.3 Å². The van der Waals surface area contributed by atoms with Crippen LogP contribution in [0.25, 0.3) is 0 Å². The van der Waals surface area contributed by atoms with Crippen LogP contribution in [0.4, 0.5) is 0 Å². The van der Waals surface area contributed by atoms with Crippen molar-refractivity contribution in [1.82, 2.24) is 10.6 Å². The second-order valence-corrected chi connectivity index (χ2v) is 4.87. The molecule has 1 aromatic heterocycles. The lowest BCUT2D eigenvalue weighted by molar-refractivity contribution is 0.0696. The molecule has 0 saturated heterocycles. The van der Waals surface area contributed by atoms with Gasteiger partial charge < -0.3 is 9.26 Å². The van der Waals surface area contributed by atoms with Crippen LogP contribution in [-0.4, -0.2) is 23.4 Å². The average molecular weight is 298 g/mol. The number of amides is 1. The molecule has 6 nitrogen and oxygen atoms in total. The summed E-state index contributed by atoms with van der Waals surface area (Å²) in [6.07, 6.45) is 4.71. The monoisotopic (exact) mass is 298 g/mol. The van der Waals surface area contributed by atoms with Gasteiger partial charge in [-0.25, -0.2) is 5.48 Å². The Morgan fingerprint density at radius 1 is 1.65 bits per heavy atom. The number of carbonyl (C=O) groups is 1. The standard InChI is InChI=1S/C13H18N2O4S/c1-4-9(18-3)6-11(5-2)20-8-10-7-12(15-19-10)13(16)14-17/h4,6-7,17H,5,8H2,1-3H3,(H,14,16)/b9-4+,11-6+. The molecule has 0 radical (unpaired) electrons. The molecule has 1 aromatic rings. The molecular weight excluding hydrogens is 280 g/mol. The predicted molar refractivity (Wildman–Crippen MR) is 76.2 cm³/mol. The van der Waals surface area contributed by atoms with Gasteiger partial charge in [0.05, 0.1) is 12.9 Å². The summed E-state index contributed by atoms with van der Waals surface area (Å²) in [5.74, 6) is 1.22. The van der Waals surface area contributed by atoms with Crippen LogP contribution < -0.4 is 5.48 Å². The molecule has 0 unspecified atom stereocenters. The Balaban J connectivity index is 2.65. The molecule has 1 heterocycles. The molecule has 0 saturated carbocycles. The fraction of sp³-hybridized carbons (Fsp3) is 0.385. The molecule has 0 spiro atoms. The molecule has 0 fully saturated rings. The van der Waals surface area contributed by atoms with E-state index in [9.17, 15) is 4.79 Å². The highest BCUT2D eigenvalue weighted by atomic mass is 32.2. The van der Waals surface area contributed by atoms with Crippen LogP contribution in [0.15, 0.2) is 33.4 Å². The van der Waals surface area contributed by atoms with Crippen molar-refractivity contribution in [3.63, 3.8) is 0 Å². The summed E-state index contributed by atoms with van der Waals surface area (Å²) in [5.41, 5.74) is 1.56. The highest BCUT2D eigenvalue weighted by Crippen LogP contribution is 2.25. The van der Waals surface area contributed by atoms with Gasteiger partial charge in [0.1, 0.15) is 11.5 Å². The number of hydrogen-bond donors (Lipinski definition) is 2. The molecule has 0 aliphatic rings. The van der Waals surface area contributed by atoms with Crippen LogP contribution in [0.5, 0.6) is 0 Å². The summed E-state index contributed by atoms with van der Waals surface area (Å²) in [6, 6.07) is 1.50. The first-order chi connectivity index (χ1) is 9.64. The number of aromatic nitrogens is 1. The van der Waals surface area contributed by atoms with Gasteiger partial charge in [-0.1, -0.05) is 12.1 Å². The van der Waals surface area contributed by atoms with Gasteiger partial charge in [0, 0.05) is 6.07 Å². The molecule has 0 bridgehead atoms. The number of hydrogen-bond acceptors (Lipinski definition) is 6. The Bertz CT molecular complexity index is 508. The largest absolute Gasteiger partial charge is 0.497 e. The van der Waals surface area contributed by atoms with Gasteiger partial charge in [-0.2, -0.15) is 0 Å². The lowest BCUT2D eigenvalue weighted by atomic mass is 10.3. The zero-order chi connectivity index (χ0) is 15.0.